The molecule has 0 bridgehead atoms. The van der Waals surface area contributed by atoms with Gasteiger partial charge in [-0.25, -0.2) is 8.42 Å². The highest BCUT2D eigenvalue weighted by atomic mass is 32.2. The fourth-order valence-electron chi connectivity index (χ4n) is 1.30. The maximum absolute atomic E-state index is 11.3. The number of hydrogen-bond acceptors (Lipinski definition) is 3. The van der Waals surface area contributed by atoms with Gasteiger partial charge in [0.25, 0.3) is 0 Å². The van der Waals surface area contributed by atoms with E-state index in [0.29, 0.717) is 6.42 Å². The topological polar surface area (TPSA) is 63.2 Å². The molecule has 0 radical (unpaired) electrons. The fraction of sp³-hybridized carbons (Fsp3) is 0.667. The third kappa shape index (κ3) is 3.49. The SMILES string of the molecule is CC(C)CC(=O)NC1C=CS(=O)(=O)C1. The molecule has 0 aromatic heterocycles. The van der Waals surface area contributed by atoms with E-state index in [0.717, 1.165) is 5.41 Å². The van der Waals surface area contributed by atoms with E-state index < -0.39 is 9.84 Å². The first kappa shape index (κ1) is 11.2. The van der Waals surface area contributed by atoms with Crippen molar-refractivity contribution in [2.24, 2.45) is 5.92 Å². The van der Waals surface area contributed by atoms with E-state index in [1.807, 2.05) is 13.8 Å². The van der Waals surface area contributed by atoms with Gasteiger partial charge >= 0.3 is 0 Å². The van der Waals surface area contributed by atoms with E-state index in [-0.39, 0.29) is 23.6 Å². The van der Waals surface area contributed by atoms with Gasteiger partial charge in [0.1, 0.15) is 0 Å². The van der Waals surface area contributed by atoms with Crippen molar-refractivity contribution in [3.8, 4) is 0 Å². The molecule has 0 aromatic carbocycles. The van der Waals surface area contributed by atoms with Crippen LogP contribution in [0.4, 0.5) is 0 Å². The van der Waals surface area contributed by atoms with Crippen molar-refractivity contribution in [3.05, 3.63) is 11.5 Å². The first-order valence-electron chi connectivity index (χ1n) is 4.59. The average Bonchev–Trinajstić information content (AvgIpc) is 2.27. The van der Waals surface area contributed by atoms with Gasteiger partial charge in [-0.05, 0) is 12.0 Å². The standard InChI is InChI=1S/C9H15NO3S/c1-7(2)5-9(11)10-8-3-4-14(12,13)6-8/h3-4,7-8H,5-6H2,1-2H3,(H,10,11). The molecule has 4 nitrogen and oxygen atoms in total. The Labute approximate surface area is 84.3 Å². The van der Waals surface area contributed by atoms with Crippen LogP contribution in [0.25, 0.3) is 0 Å². The minimum Gasteiger partial charge on any atom is -0.349 e. The summed E-state index contributed by atoms with van der Waals surface area (Å²) in [5.74, 6) is 0.195. The van der Waals surface area contributed by atoms with Crippen molar-refractivity contribution >= 4 is 15.7 Å². The van der Waals surface area contributed by atoms with Crippen molar-refractivity contribution in [3.63, 3.8) is 0 Å². The van der Waals surface area contributed by atoms with Crippen molar-refractivity contribution in [2.45, 2.75) is 26.3 Å². The molecule has 1 atom stereocenters. The van der Waals surface area contributed by atoms with Crippen molar-refractivity contribution in [2.75, 3.05) is 5.75 Å². The van der Waals surface area contributed by atoms with Crippen LogP contribution in [-0.4, -0.2) is 26.1 Å². The molecule has 5 heteroatoms. The lowest BCUT2D eigenvalue weighted by Gasteiger charge is -2.10. The van der Waals surface area contributed by atoms with Crippen molar-refractivity contribution in [1.82, 2.24) is 5.32 Å². The first-order chi connectivity index (χ1) is 6.39. The van der Waals surface area contributed by atoms with Crippen LogP contribution < -0.4 is 5.32 Å². The summed E-state index contributed by atoms with van der Waals surface area (Å²) in [6, 6.07) is -0.341. The number of carbonyl (C=O) groups excluding carboxylic acids is 1. The molecule has 0 saturated heterocycles. The molecular formula is C9H15NO3S. The number of amides is 1. The predicted molar refractivity (Wildman–Crippen MR) is 54.3 cm³/mol. The van der Waals surface area contributed by atoms with Crippen LogP contribution in [-0.2, 0) is 14.6 Å². The van der Waals surface area contributed by atoms with E-state index >= 15 is 0 Å². The Bertz CT molecular complexity index is 343. The minimum absolute atomic E-state index is 0.00314. The zero-order valence-corrected chi connectivity index (χ0v) is 9.17. The maximum Gasteiger partial charge on any atom is 0.220 e. The Morgan fingerprint density at radius 3 is 2.64 bits per heavy atom. The average molecular weight is 217 g/mol. The van der Waals surface area contributed by atoms with E-state index in [2.05, 4.69) is 5.32 Å². The van der Waals surface area contributed by atoms with Gasteiger partial charge in [0.05, 0.1) is 11.8 Å². The van der Waals surface area contributed by atoms with Crippen LogP contribution in [0.15, 0.2) is 11.5 Å². The van der Waals surface area contributed by atoms with Gasteiger partial charge in [0.15, 0.2) is 9.84 Å². The van der Waals surface area contributed by atoms with E-state index in [1.165, 1.54) is 6.08 Å². The van der Waals surface area contributed by atoms with Crippen LogP contribution in [0.2, 0.25) is 0 Å². The molecule has 1 unspecified atom stereocenters. The van der Waals surface area contributed by atoms with Gasteiger partial charge < -0.3 is 5.32 Å². The lowest BCUT2D eigenvalue weighted by atomic mass is 10.1. The molecule has 0 saturated carbocycles. The molecule has 14 heavy (non-hydrogen) atoms. The van der Waals surface area contributed by atoms with Crippen LogP contribution in [0.1, 0.15) is 20.3 Å². The highest BCUT2D eigenvalue weighted by molar-refractivity contribution is 7.94. The van der Waals surface area contributed by atoms with Gasteiger partial charge in [0, 0.05) is 11.8 Å². The van der Waals surface area contributed by atoms with Gasteiger partial charge in [-0.1, -0.05) is 13.8 Å². The second-order valence-electron chi connectivity index (χ2n) is 3.93. The first-order valence-corrected chi connectivity index (χ1v) is 6.31. The summed E-state index contributed by atoms with van der Waals surface area (Å²) < 4.78 is 22.0. The molecule has 1 aliphatic heterocycles. The summed E-state index contributed by atoms with van der Waals surface area (Å²) in [5.41, 5.74) is 0. The predicted octanol–water partition coefficient (Wildman–Crippen LogP) is 0.459. The third-order valence-corrected chi connectivity index (χ3v) is 3.27. The fourth-order valence-corrected chi connectivity index (χ4v) is 2.54. The summed E-state index contributed by atoms with van der Waals surface area (Å²) in [6.45, 7) is 3.89. The smallest absolute Gasteiger partial charge is 0.220 e. The van der Waals surface area contributed by atoms with Crippen LogP contribution in [0, 0.1) is 5.92 Å². The normalized spacial score (nSPS) is 24.1. The molecule has 0 spiro atoms. The quantitative estimate of drug-likeness (QED) is 0.747. The molecule has 0 fully saturated rings. The molecule has 80 valence electrons. The van der Waals surface area contributed by atoms with Crippen molar-refractivity contribution < 1.29 is 13.2 Å². The molecule has 0 aromatic rings. The number of hydrogen-bond donors (Lipinski definition) is 1. The molecular weight excluding hydrogens is 202 g/mol. The van der Waals surface area contributed by atoms with Crippen LogP contribution >= 0.6 is 0 Å². The second-order valence-corrected chi connectivity index (χ2v) is 5.86. The Morgan fingerprint density at radius 2 is 2.21 bits per heavy atom. The Morgan fingerprint density at radius 1 is 1.57 bits per heavy atom. The van der Waals surface area contributed by atoms with Gasteiger partial charge in [-0.15, -0.1) is 0 Å². The third-order valence-electron chi connectivity index (χ3n) is 1.87. The monoisotopic (exact) mass is 217 g/mol. The number of carbonyl (C=O) groups is 1. The molecule has 1 aliphatic rings. The molecule has 1 heterocycles. The zero-order valence-electron chi connectivity index (χ0n) is 8.36. The highest BCUT2D eigenvalue weighted by Gasteiger charge is 2.22. The van der Waals surface area contributed by atoms with E-state index in [9.17, 15) is 13.2 Å². The number of rotatable bonds is 3. The Hall–Kier alpha value is -0.840. The summed E-state index contributed by atoms with van der Waals surface area (Å²) in [7, 11) is -3.06. The minimum atomic E-state index is -3.06. The zero-order chi connectivity index (χ0) is 10.8. The largest absolute Gasteiger partial charge is 0.349 e. The lowest BCUT2D eigenvalue weighted by molar-refractivity contribution is -0.122. The van der Waals surface area contributed by atoms with Crippen LogP contribution in [0.3, 0.4) is 0 Å². The Balaban J connectivity index is 2.41. The summed E-state index contributed by atoms with van der Waals surface area (Å²) in [4.78, 5) is 11.3. The van der Waals surface area contributed by atoms with E-state index in [4.69, 9.17) is 0 Å². The highest BCUT2D eigenvalue weighted by Crippen LogP contribution is 2.08. The molecule has 1 rings (SSSR count). The van der Waals surface area contributed by atoms with Gasteiger partial charge in [-0.2, -0.15) is 0 Å². The molecule has 0 aliphatic carbocycles. The van der Waals surface area contributed by atoms with Gasteiger partial charge in [0.2, 0.25) is 5.91 Å². The number of nitrogens with one attached hydrogen (secondary N) is 1. The van der Waals surface area contributed by atoms with Crippen LogP contribution in [0.5, 0.6) is 0 Å². The summed E-state index contributed by atoms with van der Waals surface area (Å²) in [5, 5.41) is 3.82. The molecule has 1 amide bonds. The number of sulfone groups is 1. The van der Waals surface area contributed by atoms with E-state index in [1.54, 1.807) is 0 Å². The van der Waals surface area contributed by atoms with Crippen molar-refractivity contribution in [1.29, 1.82) is 0 Å². The summed E-state index contributed by atoms with van der Waals surface area (Å²) >= 11 is 0. The molecule has 1 N–H and O–H groups in total. The lowest BCUT2D eigenvalue weighted by Crippen LogP contribution is -2.35. The summed E-state index contributed by atoms with van der Waals surface area (Å²) in [6.07, 6.45) is 1.96. The Kier molecular flexibility index (Phi) is 3.31. The van der Waals surface area contributed by atoms with Gasteiger partial charge in [-0.3, -0.25) is 4.79 Å². The second kappa shape index (κ2) is 4.13. The maximum atomic E-state index is 11.3.